The Labute approximate surface area is 117 Å². The lowest BCUT2D eigenvalue weighted by atomic mass is 10.2. The van der Waals surface area contributed by atoms with E-state index in [9.17, 15) is 13.6 Å². The van der Waals surface area contributed by atoms with Gasteiger partial charge in [-0.05, 0) is 31.5 Å². The molecule has 1 aromatic rings. The van der Waals surface area contributed by atoms with Crippen LogP contribution in [0.3, 0.4) is 0 Å². The maximum Gasteiger partial charge on any atom is 0.317 e. The molecule has 0 aliphatic rings. The number of benzene rings is 1. The summed E-state index contributed by atoms with van der Waals surface area (Å²) in [6.07, 6.45) is -2.50. The molecule has 0 saturated carbocycles. The average molecular weight is 287 g/mol. The number of rotatable bonds is 8. The lowest BCUT2D eigenvalue weighted by molar-refractivity contribution is -0.138. The highest BCUT2D eigenvalue weighted by Gasteiger charge is 2.13. The van der Waals surface area contributed by atoms with Crippen LogP contribution in [0.4, 0.5) is 8.78 Å². The van der Waals surface area contributed by atoms with Crippen LogP contribution in [0, 0.1) is 0 Å². The number of ether oxygens (including phenoxy) is 1. The summed E-state index contributed by atoms with van der Waals surface area (Å²) >= 11 is 0. The highest BCUT2D eigenvalue weighted by molar-refractivity contribution is 5.69. The minimum atomic E-state index is -2.50. The molecule has 0 heterocycles. The number of carbonyl (C=O) groups is 1. The predicted molar refractivity (Wildman–Crippen MR) is 71.1 cm³/mol. The van der Waals surface area contributed by atoms with Gasteiger partial charge < -0.3 is 9.84 Å². The van der Waals surface area contributed by atoms with Gasteiger partial charge in [0.25, 0.3) is 6.43 Å². The van der Waals surface area contributed by atoms with Gasteiger partial charge in [0, 0.05) is 12.6 Å². The fraction of sp³-hybridized carbons (Fsp3) is 0.500. The summed E-state index contributed by atoms with van der Waals surface area (Å²) in [6, 6.07) is 6.81. The predicted octanol–water partition coefficient (Wildman–Crippen LogP) is 2.63. The first-order valence-corrected chi connectivity index (χ1v) is 6.34. The standard InChI is InChI=1S/C14H19F2NO3/c1-10(2)17(8-14(18)19)7-11-3-5-12(6-4-11)20-9-13(15)16/h3-6,10,13H,7-9H2,1-2H3,(H,18,19). The summed E-state index contributed by atoms with van der Waals surface area (Å²) in [6.45, 7) is 3.66. The van der Waals surface area contributed by atoms with Gasteiger partial charge in [0.05, 0.1) is 6.54 Å². The van der Waals surface area contributed by atoms with Crippen molar-refractivity contribution in [1.29, 1.82) is 0 Å². The molecular formula is C14H19F2NO3. The van der Waals surface area contributed by atoms with Crippen LogP contribution < -0.4 is 4.74 Å². The summed E-state index contributed by atoms with van der Waals surface area (Å²) in [5.74, 6) is -0.501. The van der Waals surface area contributed by atoms with Crippen LogP contribution in [0.25, 0.3) is 0 Å². The van der Waals surface area contributed by atoms with Crippen LogP contribution in [-0.2, 0) is 11.3 Å². The number of alkyl halides is 2. The van der Waals surface area contributed by atoms with Crippen molar-refractivity contribution in [2.75, 3.05) is 13.2 Å². The molecule has 20 heavy (non-hydrogen) atoms. The summed E-state index contributed by atoms with van der Waals surface area (Å²) < 4.78 is 28.9. The second kappa shape index (κ2) is 7.79. The minimum absolute atomic E-state index is 0.0404. The van der Waals surface area contributed by atoms with Crippen molar-refractivity contribution in [3.8, 4) is 5.75 Å². The molecule has 1 rings (SSSR count). The van der Waals surface area contributed by atoms with E-state index in [-0.39, 0.29) is 12.6 Å². The number of nitrogens with zero attached hydrogens (tertiary/aromatic N) is 1. The van der Waals surface area contributed by atoms with Crippen molar-refractivity contribution in [3.63, 3.8) is 0 Å². The van der Waals surface area contributed by atoms with E-state index in [1.165, 1.54) is 0 Å². The Balaban J connectivity index is 2.60. The third-order valence-electron chi connectivity index (χ3n) is 2.75. The van der Waals surface area contributed by atoms with E-state index >= 15 is 0 Å². The molecule has 1 N–H and O–H groups in total. The minimum Gasteiger partial charge on any atom is -0.488 e. The molecule has 0 amide bonds. The number of carboxylic acid groups (broad SMARTS) is 1. The van der Waals surface area contributed by atoms with Crippen molar-refractivity contribution < 1.29 is 23.4 Å². The molecule has 0 radical (unpaired) electrons. The molecule has 112 valence electrons. The summed E-state index contributed by atoms with van der Waals surface area (Å²) in [4.78, 5) is 12.6. The molecule has 4 nitrogen and oxygen atoms in total. The van der Waals surface area contributed by atoms with Gasteiger partial charge in [-0.2, -0.15) is 0 Å². The molecule has 0 bridgehead atoms. The fourth-order valence-corrected chi connectivity index (χ4v) is 1.68. The first kappa shape index (κ1) is 16.4. The molecule has 0 aromatic heterocycles. The van der Waals surface area contributed by atoms with E-state index in [4.69, 9.17) is 9.84 Å². The maximum atomic E-state index is 12.0. The molecule has 0 fully saturated rings. The van der Waals surface area contributed by atoms with Gasteiger partial charge in [0.15, 0.2) is 0 Å². The Morgan fingerprint density at radius 1 is 1.30 bits per heavy atom. The largest absolute Gasteiger partial charge is 0.488 e. The SMILES string of the molecule is CC(C)N(CC(=O)O)Cc1ccc(OCC(F)F)cc1. The van der Waals surface area contributed by atoms with Crippen LogP contribution in [0.1, 0.15) is 19.4 Å². The average Bonchev–Trinajstić information content (AvgIpc) is 2.36. The smallest absolute Gasteiger partial charge is 0.317 e. The number of hydrogen-bond acceptors (Lipinski definition) is 3. The van der Waals surface area contributed by atoms with Crippen molar-refractivity contribution >= 4 is 5.97 Å². The van der Waals surface area contributed by atoms with E-state index in [1.54, 1.807) is 29.2 Å². The summed E-state index contributed by atoms with van der Waals surface area (Å²) in [5.41, 5.74) is 0.907. The normalized spacial score (nSPS) is 11.3. The van der Waals surface area contributed by atoms with Crippen LogP contribution >= 0.6 is 0 Å². The van der Waals surface area contributed by atoms with E-state index in [0.717, 1.165) is 5.56 Å². The Hall–Kier alpha value is -1.69. The first-order valence-electron chi connectivity index (χ1n) is 6.34. The van der Waals surface area contributed by atoms with Crippen molar-refractivity contribution in [1.82, 2.24) is 4.90 Å². The Bertz CT molecular complexity index is 421. The van der Waals surface area contributed by atoms with Gasteiger partial charge in [-0.1, -0.05) is 12.1 Å². The second-order valence-corrected chi connectivity index (χ2v) is 4.74. The zero-order chi connectivity index (χ0) is 15.1. The van der Waals surface area contributed by atoms with E-state index in [1.807, 2.05) is 13.8 Å². The third-order valence-corrected chi connectivity index (χ3v) is 2.75. The van der Waals surface area contributed by atoms with Gasteiger partial charge >= 0.3 is 5.97 Å². The molecular weight excluding hydrogens is 268 g/mol. The molecule has 0 atom stereocenters. The van der Waals surface area contributed by atoms with E-state index in [0.29, 0.717) is 12.3 Å². The molecule has 0 spiro atoms. The first-order chi connectivity index (χ1) is 9.38. The van der Waals surface area contributed by atoms with Crippen molar-refractivity contribution in [3.05, 3.63) is 29.8 Å². The Morgan fingerprint density at radius 3 is 2.35 bits per heavy atom. The molecule has 0 saturated heterocycles. The lowest BCUT2D eigenvalue weighted by Crippen LogP contribution is -2.35. The van der Waals surface area contributed by atoms with Crippen molar-refractivity contribution in [2.45, 2.75) is 32.9 Å². The van der Waals surface area contributed by atoms with E-state index < -0.39 is 19.0 Å². The Morgan fingerprint density at radius 2 is 1.90 bits per heavy atom. The summed E-state index contributed by atoms with van der Waals surface area (Å²) in [7, 11) is 0. The monoisotopic (exact) mass is 287 g/mol. The Kier molecular flexibility index (Phi) is 6.38. The van der Waals surface area contributed by atoms with Gasteiger partial charge in [-0.25, -0.2) is 8.78 Å². The molecule has 0 unspecified atom stereocenters. The quantitative estimate of drug-likeness (QED) is 0.798. The third kappa shape index (κ3) is 5.97. The zero-order valence-electron chi connectivity index (χ0n) is 11.6. The topological polar surface area (TPSA) is 49.8 Å². The molecule has 1 aromatic carbocycles. The highest BCUT2D eigenvalue weighted by Crippen LogP contribution is 2.15. The number of carboxylic acids is 1. The number of aliphatic carboxylic acids is 1. The molecule has 0 aliphatic carbocycles. The molecule has 0 aliphatic heterocycles. The lowest BCUT2D eigenvalue weighted by Gasteiger charge is -2.24. The number of hydrogen-bond donors (Lipinski definition) is 1. The number of halogens is 2. The van der Waals surface area contributed by atoms with Crippen molar-refractivity contribution in [2.24, 2.45) is 0 Å². The van der Waals surface area contributed by atoms with Crippen LogP contribution in [0.5, 0.6) is 5.75 Å². The van der Waals surface area contributed by atoms with Gasteiger partial charge in [0.1, 0.15) is 12.4 Å². The zero-order valence-corrected chi connectivity index (χ0v) is 11.6. The summed E-state index contributed by atoms with van der Waals surface area (Å²) in [5, 5.41) is 8.84. The maximum absolute atomic E-state index is 12.0. The van der Waals surface area contributed by atoms with Crippen LogP contribution in [0.2, 0.25) is 0 Å². The molecule has 6 heteroatoms. The van der Waals surface area contributed by atoms with Crippen LogP contribution in [0.15, 0.2) is 24.3 Å². The second-order valence-electron chi connectivity index (χ2n) is 4.74. The van der Waals surface area contributed by atoms with Gasteiger partial charge in [0.2, 0.25) is 0 Å². The van der Waals surface area contributed by atoms with Gasteiger partial charge in [-0.15, -0.1) is 0 Å². The van der Waals surface area contributed by atoms with Gasteiger partial charge in [-0.3, -0.25) is 9.69 Å². The highest BCUT2D eigenvalue weighted by atomic mass is 19.3. The van der Waals surface area contributed by atoms with E-state index in [2.05, 4.69) is 0 Å². The fourth-order valence-electron chi connectivity index (χ4n) is 1.68. The van der Waals surface area contributed by atoms with Crippen LogP contribution in [-0.4, -0.2) is 41.6 Å².